The van der Waals surface area contributed by atoms with Gasteiger partial charge < -0.3 is 0 Å². The molecule has 0 aromatic rings. The summed E-state index contributed by atoms with van der Waals surface area (Å²) < 4.78 is 0. The summed E-state index contributed by atoms with van der Waals surface area (Å²) in [6.07, 6.45) is 0.825. The second kappa shape index (κ2) is 3.49. The van der Waals surface area contributed by atoms with E-state index in [1.54, 1.807) is 0 Å². The summed E-state index contributed by atoms with van der Waals surface area (Å²) in [7, 11) is 0. The van der Waals surface area contributed by atoms with E-state index in [4.69, 9.17) is 0 Å². The van der Waals surface area contributed by atoms with Crippen molar-refractivity contribution in [3.05, 3.63) is 10.1 Å². The fourth-order valence-electron chi connectivity index (χ4n) is 1.30. The molecule has 5 heteroatoms. The number of piperidine rings is 1. The summed E-state index contributed by atoms with van der Waals surface area (Å²) in [6, 6.07) is -0.413. The summed E-state index contributed by atoms with van der Waals surface area (Å²) in [5.41, 5.74) is 0. The molecule has 3 atom stereocenters. The van der Waals surface area contributed by atoms with E-state index in [1.165, 1.54) is 0 Å². The van der Waals surface area contributed by atoms with Crippen molar-refractivity contribution < 1.29 is 4.92 Å². The molecular formula is C6H11BrN2O2. The van der Waals surface area contributed by atoms with E-state index >= 15 is 0 Å². The van der Waals surface area contributed by atoms with E-state index in [1.807, 2.05) is 6.92 Å². The maximum atomic E-state index is 10.4. The van der Waals surface area contributed by atoms with Gasteiger partial charge >= 0.3 is 0 Å². The average molecular weight is 223 g/mol. The molecule has 1 N–H and O–H groups in total. The molecule has 0 amide bonds. The van der Waals surface area contributed by atoms with E-state index in [9.17, 15) is 10.1 Å². The number of nitro groups is 1. The lowest BCUT2D eigenvalue weighted by molar-refractivity contribution is -0.531. The molecule has 1 rings (SSSR count). The van der Waals surface area contributed by atoms with Crippen LogP contribution < -0.4 is 5.32 Å². The molecule has 1 fully saturated rings. The van der Waals surface area contributed by atoms with Crippen LogP contribution in [0.5, 0.6) is 0 Å². The third-order valence-electron chi connectivity index (χ3n) is 2.05. The first kappa shape index (κ1) is 8.93. The van der Waals surface area contributed by atoms with Crippen molar-refractivity contribution >= 4 is 15.9 Å². The first-order chi connectivity index (χ1) is 5.11. The van der Waals surface area contributed by atoms with E-state index in [2.05, 4.69) is 21.2 Å². The zero-order valence-electron chi connectivity index (χ0n) is 6.29. The van der Waals surface area contributed by atoms with Crippen LogP contribution in [0.4, 0.5) is 0 Å². The number of hydrogen-bond acceptors (Lipinski definition) is 3. The minimum absolute atomic E-state index is 0.163. The van der Waals surface area contributed by atoms with Gasteiger partial charge in [-0.3, -0.25) is 15.4 Å². The fourth-order valence-corrected chi connectivity index (χ4v) is 2.08. The quantitative estimate of drug-likeness (QED) is 0.312. The highest BCUT2D eigenvalue weighted by Crippen LogP contribution is 2.20. The molecule has 64 valence electrons. The summed E-state index contributed by atoms with van der Waals surface area (Å²) in [5, 5.41) is 13.4. The highest BCUT2D eigenvalue weighted by Gasteiger charge is 2.33. The van der Waals surface area contributed by atoms with Crippen LogP contribution in [0.1, 0.15) is 13.3 Å². The Morgan fingerprint density at radius 2 is 2.36 bits per heavy atom. The predicted molar refractivity (Wildman–Crippen MR) is 45.3 cm³/mol. The molecule has 1 saturated heterocycles. The van der Waals surface area contributed by atoms with Crippen molar-refractivity contribution in [3.8, 4) is 0 Å². The Kier molecular flexibility index (Phi) is 2.84. The first-order valence-corrected chi connectivity index (χ1v) is 4.53. The monoisotopic (exact) mass is 222 g/mol. The lowest BCUT2D eigenvalue weighted by atomic mass is 9.95. The Hall–Kier alpha value is -0.160. The topological polar surface area (TPSA) is 55.2 Å². The lowest BCUT2D eigenvalue weighted by Crippen LogP contribution is -2.47. The number of nitrogens with zero attached hydrogens (tertiary/aromatic N) is 1. The first-order valence-electron chi connectivity index (χ1n) is 3.62. The Bertz CT molecular complexity index is 165. The molecule has 3 unspecified atom stereocenters. The Morgan fingerprint density at radius 1 is 1.73 bits per heavy atom. The van der Waals surface area contributed by atoms with Gasteiger partial charge in [-0.05, 0) is 6.42 Å². The highest BCUT2D eigenvalue weighted by molar-refractivity contribution is 9.09. The zero-order valence-corrected chi connectivity index (χ0v) is 7.87. The summed E-state index contributed by atoms with van der Waals surface area (Å²) in [6.45, 7) is 2.40. The van der Waals surface area contributed by atoms with Crippen LogP contribution in [0.2, 0.25) is 0 Å². The Morgan fingerprint density at radius 3 is 2.82 bits per heavy atom. The van der Waals surface area contributed by atoms with Gasteiger partial charge in [-0.1, -0.05) is 22.9 Å². The van der Waals surface area contributed by atoms with Crippen LogP contribution in [-0.2, 0) is 0 Å². The zero-order chi connectivity index (χ0) is 8.43. The molecule has 0 saturated carbocycles. The highest BCUT2D eigenvalue weighted by atomic mass is 79.9. The molecule has 0 aromatic heterocycles. The van der Waals surface area contributed by atoms with Crippen molar-refractivity contribution in [2.24, 2.45) is 5.92 Å². The van der Waals surface area contributed by atoms with Crippen molar-refractivity contribution in [1.82, 2.24) is 5.32 Å². The van der Waals surface area contributed by atoms with Gasteiger partial charge in [0.25, 0.3) is 0 Å². The van der Waals surface area contributed by atoms with Crippen molar-refractivity contribution in [2.45, 2.75) is 24.3 Å². The molecule has 1 aliphatic rings. The van der Waals surface area contributed by atoms with E-state index in [0.29, 0.717) is 6.54 Å². The van der Waals surface area contributed by atoms with Crippen molar-refractivity contribution in [2.75, 3.05) is 6.54 Å². The van der Waals surface area contributed by atoms with Gasteiger partial charge in [0.1, 0.15) is 0 Å². The van der Waals surface area contributed by atoms with E-state index in [0.717, 1.165) is 6.42 Å². The minimum Gasteiger partial charge on any atom is -0.298 e. The number of halogens is 1. The average Bonchev–Trinajstić information content (AvgIpc) is 1.85. The molecular weight excluding hydrogens is 212 g/mol. The molecule has 0 bridgehead atoms. The number of rotatable bonds is 1. The summed E-state index contributed by atoms with van der Waals surface area (Å²) >= 11 is 3.37. The standard InChI is InChI=1S/C6H11BrN2O2/c1-4-2-6(7)8-3-5(4)9(10)11/h4-6,8H,2-3H2,1H3. The second-order valence-electron chi connectivity index (χ2n) is 2.94. The molecule has 1 heterocycles. The van der Waals surface area contributed by atoms with Crippen LogP contribution in [-0.4, -0.2) is 22.5 Å². The van der Waals surface area contributed by atoms with Gasteiger partial charge in [0.2, 0.25) is 6.04 Å². The molecule has 0 aromatic carbocycles. The maximum Gasteiger partial charge on any atom is 0.228 e. The number of hydrogen-bond donors (Lipinski definition) is 1. The third-order valence-corrected chi connectivity index (χ3v) is 2.75. The van der Waals surface area contributed by atoms with Crippen LogP contribution in [0.25, 0.3) is 0 Å². The SMILES string of the molecule is CC1CC(Br)NCC1[N+](=O)[O-]. The normalized spacial score (nSPS) is 38.5. The van der Waals surface area contributed by atoms with Gasteiger partial charge in [-0.2, -0.15) is 0 Å². The van der Waals surface area contributed by atoms with Crippen molar-refractivity contribution in [1.29, 1.82) is 0 Å². The van der Waals surface area contributed by atoms with Gasteiger partial charge in [-0.15, -0.1) is 0 Å². The van der Waals surface area contributed by atoms with Crippen LogP contribution in [0.3, 0.4) is 0 Å². The van der Waals surface area contributed by atoms with Crippen molar-refractivity contribution in [3.63, 3.8) is 0 Å². The minimum atomic E-state index is -0.413. The molecule has 1 aliphatic heterocycles. The van der Waals surface area contributed by atoms with Gasteiger partial charge in [0.05, 0.1) is 11.5 Å². The largest absolute Gasteiger partial charge is 0.298 e. The van der Waals surface area contributed by atoms with Crippen LogP contribution in [0, 0.1) is 16.0 Å². The molecule has 0 radical (unpaired) electrons. The predicted octanol–water partition coefficient (Wildman–Crippen LogP) is 0.982. The summed E-state index contributed by atoms with van der Waals surface area (Å²) in [5.74, 6) is 0.163. The van der Waals surface area contributed by atoms with E-state index < -0.39 is 6.04 Å². The molecule has 4 nitrogen and oxygen atoms in total. The van der Waals surface area contributed by atoms with Crippen LogP contribution >= 0.6 is 15.9 Å². The third kappa shape index (κ3) is 2.13. The molecule has 11 heavy (non-hydrogen) atoms. The second-order valence-corrected chi connectivity index (χ2v) is 4.05. The van der Waals surface area contributed by atoms with Gasteiger partial charge in [0.15, 0.2) is 0 Å². The Balaban J connectivity index is 2.50. The lowest BCUT2D eigenvalue weighted by Gasteiger charge is -2.26. The van der Waals surface area contributed by atoms with Gasteiger partial charge in [-0.25, -0.2) is 0 Å². The fraction of sp³-hybridized carbons (Fsp3) is 1.00. The number of nitrogens with one attached hydrogen (secondary N) is 1. The van der Waals surface area contributed by atoms with Gasteiger partial charge in [0, 0.05) is 10.8 Å². The maximum absolute atomic E-state index is 10.4. The summed E-state index contributed by atoms with van der Waals surface area (Å²) in [4.78, 5) is 10.5. The van der Waals surface area contributed by atoms with E-state index in [-0.39, 0.29) is 15.8 Å². The number of alkyl halides is 1. The smallest absolute Gasteiger partial charge is 0.228 e. The molecule has 0 spiro atoms. The van der Waals surface area contributed by atoms with Crippen LogP contribution in [0.15, 0.2) is 0 Å². The Labute approximate surface area is 73.6 Å². The molecule has 0 aliphatic carbocycles.